The monoisotopic (exact) mass is 281 g/mol. The molecule has 0 rings (SSSR count). The summed E-state index contributed by atoms with van der Waals surface area (Å²) in [5.41, 5.74) is 5.37. The van der Waals surface area contributed by atoms with Gasteiger partial charge in [0.05, 0.1) is 13.2 Å². The zero-order chi connectivity index (χ0) is 13.7. The summed E-state index contributed by atoms with van der Waals surface area (Å²) in [6.07, 6.45) is 7.85. The molecule has 3 N–H and O–H groups in total. The average Bonchev–Trinajstić information content (AvgIpc) is 2.33. The Morgan fingerprint density at radius 3 is 1.94 bits per heavy atom. The molecular formula is C12H28NO4P. The van der Waals surface area contributed by atoms with E-state index >= 15 is 0 Å². The van der Waals surface area contributed by atoms with Gasteiger partial charge in [-0.2, -0.15) is 0 Å². The predicted octanol–water partition coefficient (Wildman–Crippen LogP) is 3.22. The smallest absolute Gasteiger partial charge is 0.330 e. The lowest BCUT2D eigenvalue weighted by molar-refractivity contribution is 0.145. The van der Waals surface area contributed by atoms with E-state index in [9.17, 15) is 9.46 Å². The molecule has 0 saturated carbocycles. The normalized spacial score (nSPS) is 14.6. The van der Waals surface area contributed by atoms with Crippen molar-refractivity contribution in [3.63, 3.8) is 0 Å². The minimum Gasteiger partial charge on any atom is -0.330 e. The Kier molecular flexibility index (Phi) is 12.2. The number of hydrogen-bond donors (Lipinski definition) is 2. The van der Waals surface area contributed by atoms with Crippen LogP contribution in [0.2, 0.25) is 0 Å². The van der Waals surface area contributed by atoms with Crippen molar-refractivity contribution in [2.45, 2.75) is 58.3 Å². The van der Waals surface area contributed by atoms with Gasteiger partial charge in [-0.05, 0) is 25.8 Å². The van der Waals surface area contributed by atoms with Crippen molar-refractivity contribution in [3.05, 3.63) is 0 Å². The van der Waals surface area contributed by atoms with Gasteiger partial charge < -0.3 is 10.6 Å². The third kappa shape index (κ3) is 12.5. The highest BCUT2D eigenvalue weighted by Crippen LogP contribution is 2.43. The molecule has 18 heavy (non-hydrogen) atoms. The fraction of sp³-hybridized carbons (Fsp3) is 1.00. The van der Waals surface area contributed by atoms with Crippen molar-refractivity contribution < 1.29 is 18.5 Å². The fourth-order valence-corrected chi connectivity index (χ4v) is 2.32. The molecule has 0 aromatic carbocycles. The molecule has 0 spiro atoms. The van der Waals surface area contributed by atoms with Gasteiger partial charge in [0.1, 0.15) is 0 Å². The lowest BCUT2D eigenvalue weighted by atomic mass is 10.2. The first kappa shape index (κ1) is 18.1. The molecule has 0 radical (unpaired) electrons. The summed E-state index contributed by atoms with van der Waals surface area (Å²) >= 11 is 0. The Morgan fingerprint density at radius 2 is 1.44 bits per heavy atom. The van der Waals surface area contributed by atoms with Crippen molar-refractivity contribution in [3.8, 4) is 0 Å². The topological polar surface area (TPSA) is 81.8 Å². The first-order valence-electron chi connectivity index (χ1n) is 6.94. The van der Waals surface area contributed by atoms with E-state index < -0.39 is 7.82 Å². The SMILES string of the molecule is CCCCCCOP(=O)(O)OCCCCCCN. The van der Waals surface area contributed by atoms with Crippen molar-refractivity contribution in [1.29, 1.82) is 0 Å². The van der Waals surface area contributed by atoms with Crippen LogP contribution in [0.15, 0.2) is 0 Å². The molecule has 5 nitrogen and oxygen atoms in total. The van der Waals surface area contributed by atoms with Crippen LogP contribution in [0, 0.1) is 0 Å². The quantitative estimate of drug-likeness (QED) is 0.400. The van der Waals surface area contributed by atoms with Crippen LogP contribution < -0.4 is 5.73 Å². The fourth-order valence-electron chi connectivity index (χ4n) is 1.53. The molecule has 0 aromatic rings. The maximum Gasteiger partial charge on any atom is 0.472 e. The van der Waals surface area contributed by atoms with Crippen LogP contribution >= 0.6 is 7.82 Å². The van der Waals surface area contributed by atoms with E-state index in [0.717, 1.165) is 51.4 Å². The Morgan fingerprint density at radius 1 is 0.944 bits per heavy atom. The van der Waals surface area contributed by atoms with Crippen LogP contribution in [-0.2, 0) is 13.6 Å². The maximum atomic E-state index is 11.4. The summed E-state index contributed by atoms with van der Waals surface area (Å²) < 4.78 is 21.2. The number of hydrogen-bond acceptors (Lipinski definition) is 4. The van der Waals surface area contributed by atoms with Gasteiger partial charge in [0.15, 0.2) is 0 Å². The second-order valence-corrected chi connectivity index (χ2v) is 5.85. The van der Waals surface area contributed by atoms with Crippen LogP contribution in [0.3, 0.4) is 0 Å². The van der Waals surface area contributed by atoms with Gasteiger partial charge in [0, 0.05) is 0 Å². The molecule has 1 atom stereocenters. The number of rotatable bonds is 13. The molecule has 0 aromatic heterocycles. The first-order chi connectivity index (χ1) is 8.62. The Hall–Kier alpha value is 0.0700. The van der Waals surface area contributed by atoms with Gasteiger partial charge in [0.2, 0.25) is 0 Å². The molecular weight excluding hydrogens is 253 g/mol. The Balaban J connectivity index is 3.40. The van der Waals surface area contributed by atoms with Crippen LogP contribution in [-0.4, -0.2) is 24.7 Å². The lowest BCUT2D eigenvalue weighted by Crippen LogP contribution is -2.00. The highest BCUT2D eigenvalue weighted by atomic mass is 31.2. The van der Waals surface area contributed by atoms with E-state index in [4.69, 9.17) is 14.8 Å². The van der Waals surface area contributed by atoms with E-state index in [-0.39, 0.29) is 6.61 Å². The highest BCUT2D eigenvalue weighted by Gasteiger charge is 2.19. The number of phosphoric acid groups is 1. The molecule has 0 heterocycles. The van der Waals surface area contributed by atoms with Gasteiger partial charge in [-0.15, -0.1) is 0 Å². The molecule has 0 aliphatic heterocycles. The maximum absolute atomic E-state index is 11.4. The molecule has 110 valence electrons. The summed E-state index contributed by atoms with van der Waals surface area (Å²) in [4.78, 5) is 9.36. The zero-order valence-electron chi connectivity index (χ0n) is 11.5. The number of phosphoric ester groups is 1. The van der Waals surface area contributed by atoms with Crippen LogP contribution in [0.5, 0.6) is 0 Å². The highest BCUT2D eigenvalue weighted by molar-refractivity contribution is 7.47. The van der Waals surface area contributed by atoms with Crippen LogP contribution in [0.4, 0.5) is 0 Å². The third-order valence-corrected chi connectivity index (χ3v) is 3.62. The second kappa shape index (κ2) is 12.1. The molecule has 0 fully saturated rings. The summed E-state index contributed by atoms with van der Waals surface area (Å²) in [5, 5.41) is 0. The summed E-state index contributed by atoms with van der Waals surface area (Å²) in [6.45, 7) is 3.38. The first-order valence-corrected chi connectivity index (χ1v) is 8.44. The Labute approximate surface area is 111 Å². The standard InChI is InChI=1S/C12H28NO4P/c1-2-3-4-8-11-16-18(14,15)17-12-9-6-5-7-10-13/h2-13H2,1H3,(H,14,15). The zero-order valence-corrected chi connectivity index (χ0v) is 12.4. The number of nitrogens with two attached hydrogens (primary N) is 1. The predicted molar refractivity (Wildman–Crippen MR) is 73.4 cm³/mol. The van der Waals surface area contributed by atoms with Gasteiger partial charge in [-0.1, -0.05) is 39.0 Å². The van der Waals surface area contributed by atoms with E-state index in [2.05, 4.69) is 6.92 Å². The molecule has 0 aliphatic rings. The largest absolute Gasteiger partial charge is 0.472 e. The summed E-state index contributed by atoms with van der Waals surface area (Å²) in [6, 6.07) is 0. The average molecular weight is 281 g/mol. The van der Waals surface area contributed by atoms with Gasteiger partial charge in [0.25, 0.3) is 0 Å². The molecule has 0 aliphatic carbocycles. The summed E-state index contributed by atoms with van der Waals surface area (Å²) in [5.74, 6) is 0. The second-order valence-electron chi connectivity index (χ2n) is 4.40. The van der Waals surface area contributed by atoms with Crippen LogP contribution in [0.1, 0.15) is 58.3 Å². The summed E-state index contributed by atoms with van der Waals surface area (Å²) in [7, 11) is -3.82. The van der Waals surface area contributed by atoms with E-state index in [0.29, 0.717) is 13.2 Å². The molecule has 0 saturated heterocycles. The molecule has 0 bridgehead atoms. The van der Waals surface area contributed by atoms with E-state index in [1.807, 2.05) is 0 Å². The van der Waals surface area contributed by atoms with Crippen molar-refractivity contribution in [1.82, 2.24) is 0 Å². The van der Waals surface area contributed by atoms with Crippen molar-refractivity contribution in [2.24, 2.45) is 5.73 Å². The van der Waals surface area contributed by atoms with E-state index in [1.165, 1.54) is 0 Å². The Bertz CT molecular complexity index is 226. The lowest BCUT2D eigenvalue weighted by Gasteiger charge is -2.11. The third-order valence-electron chi connectivity index (χ3n) is 2.61. The van der Waals surface area contributed by atoms with Gasteiger partial charge >= 0.3 is 7.82 Å². The number of unbranched alkanes of at least 4 members (excludes halogenated alkanes) is 6. The molecule has 0 amide bonds. The van der Waals surface area contributed by atoms with Crippen molar-refractivity contribution >= 4 is 7.82 Å². The van der Waals surface area contributed by atoms with E-state index in [1.54, 1.807) is 0 Å². The minimum atomic E-state index is -3.82. The van der Waals surface area contributed by atoms with Gasteiger partial charge in [-0.3, -0.25) is 9.05 Å². The van der Waals surface area contributed by atoms with Crippen LogP contribution in [0.25, 0.3) is 0 Å². The molecule has 6 heteroatoms. The molecule has 1 unspecified atom stereocenters. The van der Waals surface area contributed by atoms with Crippen molar-refractivity contribution in [2.75, 3.05) is 19.8 Å². The minimum absolute atomic E-state index is 0.271. The van der Waals surface area contributed by atoms with Gasteiger partial charge in [-0.25, -0.2) is 4.57 Å².